The highest BCUT2D eigenvalue weighted by Crippen LogP contribution is 2.43. The molecule has 120 valence electrons. The van der Waals surface area contributed by atoms with Crippen LogP contribution in [0.2, 0.25) is 0 Å². The SMILES string of the molecule is CCC(C)C1C(=O)NC(C)(C2CC2)C(=O)N1C(CC)CC. The quantitative estimate of drug-likeness (QED) is 0.819. The summed E-state index contributed by atoms with van der Waals surface area (Å²) in [5.41, 5.74) is -0.677. The van der Waals surface area contributed by atoms with Crippen LogP contribution in [-0.4, -0.2) is 34.3 Å². The van der Waals surface area contributed by atoms with Crippen LogP contribution < -0.4 is 5.32 Å². The molecule has 2 rings (SSSR count). The number of rotatable bonds is 6. The van der Waals surface area contributed by atoms with Crippen molar-refractivity contribution in [2.24, 2.45) is 11.8 Å². The van der Waals surface area contributed by atoms with E-state index in [1.807, 2.05) is 11.8 Å². The molecule has 1 saturated heterocycles. The van der Waals surface area contributed by atoms with Crippen molar-refractivity contribution < 1.29 is 9.59 Å². The summed E-state index contributed by atoms with van der Waals surface area (Å²) in [6.45, 7) is 10.3. The van der Waals surface area contributed by atoms with E-state index in [0.29, 0.717) is 5.92 Å². The van der Waals surface area contributed by atoms with Gasteiger partial charge in [-0.05, 0) is 44.4 Å². The van der Waals surface area contributed by atoms with E-state index < -0.39 is 5.54 Å². The Morgan fingerprint density at radius 1 is 1.19 bits per heavy atom. The predicted octanol–water partition coefficient (Wildman–Crippen LogP) is 2.72. The molecule has 21 heavy (non-hydrogen) atoms. The Morgan fingerprint density at radius 3 is 2.19 bits per heavy atom. The van der Waals surface area contributed by atoms with Crippen LogP contribution in [0.1, 0.15) is 66.7 Å². The van der Waals surface area contributed by atoms with Crippen molar-refractivity contribution in [2.75, 3.05) is 0 Å². The maximum absolute atomic E-state index is 13.2. The van der Waals surface area contributed by atoms with E-state index >= 15 is 0 Å². The van der Waals surface area contributed by atoms with Gasteiger partial charge in [0.25, 0.3) is 0 Å². The van der Waals surface area contributed by atoms with Crippen LogP contribution >= 0.6 is 0 Å². The van der Waals surface area contributed by atoms with Gasteiger partial charge in [0.05, 0.1) is 0 Å². The molecule has 0 radical (unpaired) electrons. The summed E-state index contributed by atoms with van der Waals surface area (Å²) in [7, 11) is 0. The Balaban J connectivity index is 2.38. The van der Waals surface area contributed by atoms with E-state index in [4.69, 9.17) is 0 Å². The number of nitrogens with one attached hydrogen (secondary N) is 1. The summed E-state index contributed by atoms with van der Waals surface area (Å²) >= 11 is 0. The number of nitrogens with zero attached hydrogens (tertiary/aromatic N) is 1. The van der Waals surface area contributed by atoms with Crippen LogP contribution in [0, 0.1) is 11.8 Å². The fourth-order valence-corrected chi connectivity index (χ4v) is 3.67. The van der Waals surface area contributed by atoms with Gasteiger partial charge in [0.15, 0.2) is 0 Å². The molecule has 3 atom stereocenters. The molecule has 0 spiro atoms. The molecule has 4 nitrogen and oxygen atoms in total. The molecule has 1 aliphatic heterocycles. The standard InChI is InChI=1S/C17H30N2O2/c1-6-11(4)14-15(20)18-17(5,12-9-10-12)16(21)19(14)13(7-2)8-3/h11-14H,6-10H2,1-5H3,(H,18,20). The first-order valence-corrected chi connectivity index (χ1v) is 8.55. The maximum atomic E-state index is 13.2. The van der Waals surface area contributed by atoms with Gasteiger partial charge in [-0.15, -0.1) is 0 Å². The highest BCUT2D eigenvalue weighted by atomic mass is 16.2. The van der Waals surface area contributed by atoms with Gasteiger partial charge < -0.3 is 10.2 Å². The molecule has 4 heteroatoms. The third-order valence-corrected chi connectivity index (χ3v) is 5.54. The molecular weight excluding hydrogens is 264 g/mol. The average Bonchev–Trinajstić information content (AvgIpc) is 3.29. The molecule has 1 saturated carbocycles. The van der Waals surface area contributed by atoms with Crippen LogP contribution in [0.4, 0.5) is 0 Å². The fourth-order valence-electron chi connectivity index (χ4n) is 3.67. The number of hydrogen-bond donors (Lipinski definition) is 1. The van der Waals surface area contributed by atoms with Gasteiger partial charge in [0.1, 0.15) is 11.6 Å². The van der Waals surface area contributed by atoms with E-state index in [1.54, 1.807) is 0 Å². The molecule has 3 unspecified atom stereocenters. The summed E-state index contributed by atoms with van der Waals surface area (Å²) < 4.78 is 0. The lowest BCUT2D eigenvalue weighted by Crippen LogP contribution is -2.72. The van der Waals surface area contributed by atoms with Gasteiger partial charge in [-0.25, -0.2) is 0 Å². The van der Waals surface area contributed by atoms with Gasteiger partial charge >= 0.3 is 0 Å². The van der Waals surface area contributed by atoms with Crippen molar-refractivity contribution in [3.63, 3.8) is 0 Å². The van der Waals surface area contributed by atoms with Crippen LogP contribution in [0.25, 0.3) is 0 Å². The molecule has 1 N–H and O–H groups in total. The minimum atomic E-state index is -0.677. The van der Waals surface area contributed by atoms with Crippen LogP contribution in [0.5, 0.6) is 0 Å². The number of carbonyl (C=O) groups is 2. The van der Waals surface area contributed by atoms with E-state index in [1.165, 1.54) is 0 Å². The molecule has 0 aromatic rings. The zero-order valence-corrected chi connectivity index (χ0v) is 14.1. The van der Waals surface area contributed by atoms with E-state index in [-0.39, 0.29) is 29.8 Å². The van der Waals surface area contributed by atoms with Crippen LogP contribution in [-0.2, 0) is 9.59 Å². The Morgan fingerprint density at radius 2 is 1.76 bits per heavy atom. The molecule has 1 heterocycles. The van der Waals surface area contributed by atoms with Gasteiger partial charge in [-0.1, -0.05) is 34.1 Å². The van der Waals surface area contributed by atoms with Crippen molar-refractivity contribution in [3.05, 3.63) is 0 Å². The van der Waals surface area contributed by atoms with Crippen molar-refractivity contribution in [3.8, 4) is 0 Å². The zero-order chi connectivity index (χ0) is 15.8. The molecule has 2 aliphatic rings. The van der Waals surface area contributed by atoms with E-state index in [2.05, 4.69) is 33.0 Å². The molecule has 0 aromatic heterocycles. The first kappa shape index (κ1) is 16.3. The van der Waals surface area contributed by atoms with Gasteiger partial charge in [-0.2, -0.15) is 0 Å². The monoisotopic (exact) mass is 294 g/mol. The lowest BCUT2D eigenvalue weighted by molar-refractivity contribution is -0.161. The first-order valence-electron chi connectivity index (χ1n) is 8.55. The number of piperazine rings is 1. The minimum absolute atomic E-state index is 0.0465. The Kier molecular flexibility index (Phi) is 4.64. The second kappa shape index (κ2) is 5.98. The third kappa shape index (κ3) is 2.69. The lowest BCUT2D eigenvalue weighted by Gasteiger charge is -2.49. The van der Waals surface area contributed by atoms with Crippen LogP contribution in [0.3, 0.4) is 0 Å². The summed E-state index contributed by atoms with van der Waals surface area (Å²) in [6, 6.07) is -0.139. The van der Waals surface area contributed by atoms with Crippen molar-refractivity contribution in [1.29, 1.82) is 0 Å². The molecule has 0 aromatic carbocycles. The number of amides is 2. The second-order valence-electron chi connectivity index (χ2n) is 6.98. The Bertz CT molecular complexity index is 415. The van der Waals surface area contributed by atoms with Crippen molar-refractivity contribution >= 4 is 11.8 Å². The van der Waals surface area contributed by atoms with Gasteiger partial charge in [-0.3, -0.25) is 9.59 Å². The first-order chi connectivity index (χ1) is 9.90. The topological polar surface area (TPSA) is 49.4 Å². The Labute approximate surface area is 128 Å². The summed E-state index contributed by atoms with van der Waals surface area (Å²) in [5, 5.41) is 3.07. The summed E-state index contributed by atoms with van der Waals surface area (Å²) in [6.07, 6.45) is 4.81. The largest absolute Gasteiger partial charge is 0.340 e. The normalized spacial score (nSPS) is 31.5. The van der Waals surface area contributed by atoms with Gasteiger partial charge in [0.2, 0.25) is 11.8 Å². The van der Waals surface area contributed by atoms with E-state index in [0.717, 1.165) is 32.1 Å². The van der Waals surface area contributed by atoms with E-state index in [9.17, 15) is 9.59 Å². The van der Waals surface area contributed by atoms with Crippen molar-refractivity contribution in [2.45, 2.75) is 84.3 Å². The molecule has 0 bridgehead atoms. The molecular formula is C17H30N2O2. The number of carbonyl (C=O) groups excluding carboxylic acids is 2. The zero-order valence-electron chi connectivity index (χ0n) is 14.1. The molecule has 2 amide bonds. The highest BCUT2D eigenvalue weighted by molar-refractivity contribution is 6.00. The lowest BCUT2D eigenvalue weighted by atomic mass is 9.84. The molecule has 1 aliphatic carbocycles. The molecule has 2 fully saturated rings. The smallest absolute Gasteiger partial charge is 0.249 e. The van der Waals surface area contributed by atoms with Gasteiger partial charge in [0, 0.05) is 6.04 Å². The minimum Gasteiger partial charge on any atom is -0.340 e. The predicted molar refractivity (Wildman–Crippen MR) is 83.7 cm³/mol. The maximum Gasteiger partial charge on any atom is 0.249 e. The van der Waals surface area contributed by atoms with Crippen molar-refractivity contribution in [1.82, 2.24) is 10.2 Å². The second-order valence-corrected chi connectivity index (χ2v) is 6.98. The summed E-state index contributed by atoms with van der Waals surface area (Å²) in [4.78, 5) is 27.8. The third-order valence-electron chi connectivity index (χ3n) is 5.54. The highest BCUT2D eigenvalue weighted by Gasteiger charge is 2.56. The van der Waals surface area contributed by atoms with Crippen LogP contribution in [0.15, 0.2) is 0 Å². The average molecular weight is 294 g/mol. The fraction of sp³-hybridized carbons (Fsp3) is 0.882. The number of hydrogen-bond acceptors (Lipinski definition) is 2. The Hall–Kier alpha value is -1.06. The summed E-state index contributed by atoms with van der Waals surface area (Å²) in [5.74, 6) is 0.704.